The number of fused-ring (bicyclic) bond motifs is 2. The Balaban J connectivity index is 2.06. The van der Waals surface area contributed by atoms with Crippen LogP contribution < -0.4 is 11.2 Å². The first kappa shape index (κ1) is 14.8. The highest BCUT2D eigenvalue weighted by Crippen LogP contribution is 2.39. The van der Waals surface area contributed by atoms with Crippen LogP contribution in [0.1, 0.15) is 17.2 Å². The predicted molar refractivity (Wildman–Crippen MR) is 89.2 cm³/mol. The molecule has 1 atom stereocenters. The van der Waals surface area contributed by atoms with Crippen LogP contribution in [0.25, 0.3) is 0 Å². The second-order valence-corrected chi connectivity index (χ2v) is 5.33. The summed E-state index contributed by atoms with van der Waals surface area (Å²) in [7, 11) is 0. The van der Waals surface area contributed by atoms with Crippen LogP contribution in [0, 0.1) is 10.1 Å². The van der Waals surface area contributed by atoms with Gasteiger partial charge in [-0.15, -0.1) is 0 Å². The van der Waals surface area contributed by atoms with E-state index in [0.717, 1.165) is 0 Å². The summed E-state index contributed by atoms with van der Waals surface area (Å²) in [6, 6.07) is 5.26. The summed E-state index contributed by atoms with van der Waals surface area (Å²) in [5.74, 6) is 0.259. The Bertz CT molecular complexity index is 1090. The van der Waals surface area contributed by atoms with Gasteiger partial charge in [0.25, 0.3) is 11.2 Å². The number of aromatic nitrogens is 2. The number of allylic oxidation sites excluding steroid dienone is 1. The monoisotopic (exact) mass is 338 g/mol. The highest BCUT2D eigenvalue weighted by atomic mass is 16.6. The van der Waals surface area contributed by atoms with Crippen LogP contribution in [0.4, 0.5) is 11.5 Å². The topological polar surface area (TPSA) is 137 Å². The molecule has 10 nitrogen and oxygen atoms in total. The Hall–Kier alpha value is -3.82. The minimum atomic E-state index is -0.849. The first-order valence-corrected chi connectivity index (χ1v) is 7.24. The van der Waals surface area contributed by atoms with E-state index >= 15 is 0 Å². The zero-order valence-corrected chi connectivity index (χ0v) is 12.5. The Kier molecular flexibility index (Phi) is 3.17. The summed E-state index contributed by atoms with van der Waals surface area (Å²) in [4.78, 5) is 49.4. The van der Waals surface area contributed by atoms with Gasteiger partial charge >= 0.3 is 5.69 Å². The van der Waals surface area contributed by atoms with Gasteiger partial charge in [-0.05, 0) is 12.1 Å². The number of rotatable bonds is 2. The van der Waals surface area contributed by atoms with E-state index in [1.54, 1.807) is 35.4 Å². The quantitative estimate of drug-likeness (QED) is 0.620. The van der Waals surface area contributed by atoms with Crippen molar-refractivity contribution in [2.75, 3.05) is 0 Å². The second-order valence-electron chi connectivity index (χ2n) is 5.33. The average molecular weight is 338 g/mol. The molecule has 2 aromatic rings. The fourth-order valence-electron chi connectivity index (χ4n) is 2.92. The number of aromatic amines is 2. The fourth-order valence-corrected chi connectivity index (χ4v) is 2.92. The molecule has 10 heteroatoms. The van der Waals surface area contributed by atoms with E-state index in [9.17, 15) is 19.7 Å². The van der Waals surface area contributed by atoms with Crippen molar-refractivity contribution in [3.8, 4) is 0 Å². The van der Waals surface area contributed by atoms with Crippen molar-refractivity contribution in [3.63, 3.8) is 0 Å². The molecule has 0 fully saturated rings. The summed E-state index contributed by atoms with van der Waals surface area (Å²) in [5.41, 5.74) is -1.11. The molecular formula is C15H10N6O4. The van der Waals surface area contributed by atoms with E-state index in [1.807, 2.05) is 0 Å². The number of nitro groups is 1. The summed E-state index contributed by atoms with van der Waals surface area (Å²) in [6.45, 7) is 0. The molecule has 25 heavy (non-hydrogen) atoms. The first-order chi connectivity index (χ1) is 12.1. The molecule has 1 unspecified atom stereocenters. The van der Waals surface area contributed by atoms with Gasteiger partial charge in [0, 0.05) is 18.5 Å². The lowest BCUT2D eigenvalue weighted by Gasteiger charge is -2.33. The highest BCUT2D eigenvalue weighted by molar-refractivity contribution is 5.97. The highest BCUT2D eigenvalue weighted by Gasteiger charge is 2.37. The van der Waals surface area contributed by atoms with Gasteiger partial charge in [-0.1, -0.05) is 12.1 Å². The molecule has 0 bridgehead atoms. The molecule has 0 spiro atoms. The summed E-state index contributed by atoms with van der Waals surface area (Å²) < 4.78 is 0. The number of nitrogens with one attached hydrogen (secondary N) is 2. The molecule has 2 aliphatic heterocycles. The lowest BCUT2D eigenvalue weighted by Crippen LogP contribution is -2.39. The van der Waals surface area contributed by atoms with E-state index in [-0.39, 0.29) is 23.0 Å². The molecule has 2 aliphatic rings. The summed E-state index contributed by atoms with van der Waals surface area (Å²) >= 11 is 0. The number of benzene rings is 1. The smallest absolute Gasteiger partial charge is 0.305 e. The van der Waals surface area contributed by atoms with Gasteiger partial charge in [-0.25, -0.2) is 9.79 Å². The number of H-pyrrole nitrogens is 2. The maximum absolute atomic E-state index is 12.4. The molecular weight excluding hydrogens is 328 g/mol. The summed E-state index contributed by atoms with van der Waals surface area (Å²) in [6.07, 6.45) is 4.76. The van der Waals surface area contributed by atoms with Crippen LogP contribution in [0.2, 0.25) is 0 Å². The van der Waals surface area contributed by atoms with Crippen molar-refractivity contribution >= 4 is 23.7 Å². The third-order valence-corrected chi connectivity index (χ3v) is 3.90. The number of guanidine groups is 1. The number of nitro benzene ring substituents is 1. The van der Waals surface area contributed by atoms with Gasteiger partial charge in [0.2, 0.25) is 5.96 Å². The average Bonchev–Trinajstić information content (AvgIpc) is 2.59. The largest absolute Gasteiger partial charge is 0.327 e. The third-order valence-electron chi connectivity index (χ3n) is 3.90. The molecule has 0 aliphatic carbocycles. The number of para-hydroxylation sites is 1. The van der Waals surface area contributed by atoms with Crippen LogP contribution in [0.5, 0.6) is 0 Å². The number of aliphatic imine (C=N–C) groups is 2. The van der Waals surface area contributed by atoms with Gasteiger partial charge in [0.15, 0.2) is 0 Å². The van der Waals surface area contributed by atoms with Crippen LogP contribution in [0.3, 0.4) is 0 Å². The van der Waals surface area contributed by atoms with Gasteiger partial charge in [0.05, 0.1) is 16.1 Å². The molecule has 0 saturated carbocycles. The SMILES string of the molecule is O=c1[nH]c2c(c(=O)[nH]1)C(c1ccccc1[N+](=O)[O-])N1C=CC=NC1=N2. The number of hydrogen-bond acceptors (Lipinski definition) is 7. The van der Waals surface area contributed by atoms with Crippen LogP contribution in [0.15, 0.2) is 56.1 Å². The van der Waals surface area contributed by atoms with E-state index in [2.05, 4.69) is 20.0 Å². The van der Waals surface area contributed by atoms with Gasteiger partial charge < -0.3 is 4.90 Å². The molecule has 1 aromatic heterocycles. The zero-order valence-electron chi connectivity index (χ0n) is 12.5. The lowest BCUT2D eigenvalue weighted by molar-refractivity contribution is -0.385. The van der Waals surface area contributed by atoms with Crippen molar-refractivity contribution < 1.29 is 4.92 Å². The standard InChI is InChI=1S/C15H10N6O4/c22-13-10-11(8-4-1-2-5-9(8)21(24)25)20-7-3-6-16-14(20)17-12(10)18-15(23)19-13/h1-7,11H,(H2,18,19,22,23). The van der Waals surface area contributed by atoms with Crippen molar-refractivity contribution in [1.82, 2.24) is 14.9 Å². The van der Waals surface area contributed by atoms with Crippen molar-refractivity contribution in [1.29, 1.82) is 0 Å². The third kappa shape index (κ3) is 2.27. The van der Waals surface area contributed by atoms with Gasteiger partial charge in [0.1, 0.15) is 11.9 Å². The predicted octanol–water partition coefficient (Wildman–Crippen LogP) is 0.962. The normalized spacial score (nSPS) is 17.7. The van der Waals surface area contributed by atoms with Crippen LogP contribution in [-0.4, -0.2) is 32.0 Å². The summed E-state index contributed by atoms with van der Waals surface area (Å²) in [5, 5.41) is 11.4. The van der Waals surface area contributed by atoms with E-state index < -0.39 is 22.2 Å². The molecule has 0 radical (unpaired) electrons. The first-order valence-electron chi connectivity index (χ1n) is 7.24. The zero-order chi connectivity index (χ0) is 17.6. The molecule has 3 heterocycles. The Morgan fingerprint density at radius 3 is 2.80 bits per heavy atom. The molecule has 1 aromatic carbocycles. The second kappa shape index (κ2) is 5.37. The van der Waals surface area contributed by atoms with Crippen LogP contribution >= 0.6 is 0 Å². The van der Waals surface area contributed by atoms with E-state index in [4.69, 9.17) is 0 Å². The molecule has 124 valence electrons. The number of hydrogen-bond donors (Lipinski definition) is 2. The molecule has 2 N–H and O–H groups in total. The Morgan fingerprint density at radius 1 is 1.20 bits per heavy atom. The maximum atomic E-state index is 12.4. The van der Waals surface area contributed by atoms with E-state index in [0.29, 0.717) is 5.56 Å². The van der Waals surface area contributed by atoms with Crippen molar-refractivity contribution in [2.24, 2.45) is 9.98 Å². The van der Waals surface area contributed by atoms with Crippen molar-refractivity contribution in [3.05, 3.63) is 78.6 Å². The van der Waals surface area contributed by atoms with Gasteiger partial charge in [-0.2, -0.15) is 4.99 Å². The Morgan fingerprint density at radius 2 is 2.00 bits per heavy atom. The van der Waals surface area contributed by atoms with Crippen LogP contribution in [-0.2, 0) is 0 Å². The fraction of sp³-hybridized carbons (Fsp3) is 0.0667. The molecule has 0 saturated heterocycles. The molecule has 4 rings (SSSR count). The maximum Gasteiger partial charge on any atom is 0.327 e. The Labute approximate surface area is 139 Å². The number of nitrogens with zero attached hydrogens (tertiary/aromatic N) is 4. The lowest BCUT2D eigenvalue weighted by atomic mass is 9.96. The van der Waals surface area contributed by atoms with Crippen molar-refractivity contribution in [2.45, 2.75) is 6.04 Å². The minimum Gasteiger partial charge on any atom is -0.305 e. The van der Waals surface area contributed by atoms with Gasteiger partial charge in [-0.3, -0.25) is 24.9 Å². The minimum absolute atomic E-state index is 0.0376. The van der Waals surface area contributed by atoms with E-state index in [1.165, 1.54) is 12.3 Å². The molecule has 0 amide bonds.